The SMILES string of the molecule is CCOC(=O)c1c(C)[nH]c(C)c1C(=O)/C(C#N)=C/c1cc(C)n(Cc2ccco2)c1C. The molecule has 0 aliphatic carbocycles. The minimum atomic E-state index is -0.582. The zero-order chi connectivity index (χ0) is 22.7. The summed E-state index contributed by atoms with van der Waals surface area (Å²) in [5.74, 6) is -0.281. The van der Waals surface area contributed by atoms with Crippen LogP contribution in [0.15, 0.2) is 34.5 Å². The number of carbonyl (C=O) groups is 2. The van der Waals surface area contributed by atoms with E-state index in [4.69, 9.17) is 9.15 Å². The Morgan fingerprint density at radius 1 is 1.23 bits per heavy atom. The fourth-order valence-electron chi connectivity index (χ4n) is 3.74. The Kier molecular flexibility index (Phi) is 6.30. The molecule has 3 heterocycles. The van der Waals surface area contributed by atoms with E-state index in [1.54, 1.807) is 33.1 Å². The van der Waals surface area contributed by atoms with Crippen LogP contribution in [0.4, 0.5) is 0 Å². The first-order valence-electron chi connectivity index (χ1n) is 10.00. The van der Waals surface area contributed by atoms with Gasteiger partial charge in [0.2, 0.25) is 5.78 Å². The molecule has 0 saturated heterocycles. The lowest BCUT2D eigenvalue weighted by Gasteiger charge is -2.07. The zero-order valence-electron chi connectivity index (χ0n) is 18.3. The van der Waals surface area contributed by atoms with Gasteiger partial charge < -0.3 is 18.7 Å². The Bertz CT molecular complexity index is 1200. The molecule has 0 saturated carbocycles. The Hall–Kier alpha value is -3.79. The standard InChI is InChI=1S/C24H25N3O4/c1-6-30-24(29)22-16(4)26-15(3)21(22)23(28)19(12-25)11-18-10-14(2)27(17(18)5)13-20-8-7-9-31-20/h7-11,26H,6,13H2,1-5H3/b19-11+. The Labute approximate surface area is 180 Å². The van der Waals surface area contributed by atoms with Crippen LogP contribution in [0.2, 0.25) is 0 Å². The maximum absolute atomic E-state index is 13.3. The van der Waals surface area contributed by atoms with Gasteiger partial charge in [0, 0.05) is 22.8 Å². The number of hydrogen-bond donors (Lipinski definition) is 1. The molecule has 0 amide bonds. The number of allylic oxidation sites excluding steroid dienone is 1. The molecule has 3 aromatic rings. The molecule has 7 heteroatoms. The molecule has 0 atom stereocenters. The van der Waals surface area contributed by atoms with Crippen LogP contribution < -0.4 is 0 Å². The number of H-pyrrole nitrogens is 1. The Morgan fingerprint density at radius 2 is 1.94 bits per heavy atom. The van der Waals surface area contributed by atoms with Crippen LogP contribution in [-0.2, 0) is 11.3 Å². The highest BCUT2D eigenvalue weighted by Gasteiger charge is 2.27. The van der Waals surface area contributed by atoms with Crippen LogP contribution in [0.3, 0.4) is 0 Å². The lowest BCUT2D eigenvalue weighted by atomic mass is 9.98. The normalized spacial score (nSPS) is 11.4. The summed E-state index contributed by atoms with van der Waals surface area (Å²) in [5.41, 5.74) is 4.00. The zero-order valence-corrected chi connectivity index (χ0v) is 18.3. The van der Waals surface area contributed by atoms with Crippen LogP contribution >= 0.6 is 0 Å². The first-order valence-corrected chi connectivity index (χ1v) is 10.00. The van der Waals surface area contributed by atoms with Gasteiger partial charge in [0.15, 0.2) is 0 Å². The second kappa shape index (κ2) is 8.92. The van der Waals surface area contributed by atoms with Crippen molar-refractivity contribution in [1.29, 1.82) is 5.26 Å². The second-order valence-electron chi connectivity index (χ2n) is 7.34. The summed E-state index contributed by atoms with van der Waals surface area (Å²) >= 11 is 0. The van der Waals surface area contributed by atoms with Crippen molar-refractivity contribution in [2.75, 3.05) is 6.61 Å². The Balaban J connectivity index is 2.02. The fourth-order valence-corrected chi connectivity index (χ4v) is 3.74. The number of aryl methyl sites for hydroxylation is 3. The van der Waals surface area contributed by atoms with Crippen molar-refractivity contribution in [3.05, 3.63) is 75.3 Å². The van der Waals surface area contributed by atoms with Crippen LogP contribution in [0.1, 0.15) is 61.7 Å². The average Bonchev–Trinajstić information content (AvgIpc) is 3.41. The minimum absolute atomic E-state index is 0.0501. The average molecular weight is 419 g/mol. The van der Waals surface area contributed by atoms with Crippen molar-refractivity contribution < 1.29 is 18.7 Å². The van der Waals surface area contributed by atoms with E-state index in [2.05, 4.69) is 9.55 Å². The molecule has 3 rings (SSSR count). The first-order chi connectivity index (χ1) is 14.8. The predicted molar refractivity (Wildman–Crippen MR) is 116 cm³/mol. The summed E-state index contributed by atoms with van der Waals surface area (Å²) in [4.78, 5) is 28.7. The van der Waals surface area contributed by atoms with Crippen molar-refractivity contribution in [3.8, 4) is 6.07 Å². The van der Waals surface area contributed by atoms with E-state index in [0.717, 1.165) is 22.7 Å². The number of ketones is 1. The van der Waals surface area contributed by atoms with E-state index in [0.29, 0.717) is 17.9 Å². The largest absolute Gasteiger partial charge is 0.467 e. The summed E-state index contributed by atoms with van der Waals surface area (Å²) in [5, 5.41) is 9.74. The minimum Gasteiger partial charge on any atom is -0.467 e. The number of aromatic amines is 1. The third-order valence-corrected chi connectivity index (χ3v) is 5.25. The monoisotopic (exact) mass is 419 g/mol. The highest BCUT2D eigenvalue weighted by molar-refractivity contribution is 6.19. The molecule has 3 aromatic heterocycles. The van der Waals surface area contributed by atoms with Crippen molar-refractivity contribution in [2.24, 2.45) is 0 Å². The first kappa shape index (κ1) is 21.9. The third kappa shape index (κ3) is 4.24. The molecule has 31 heavy (non-hydrogen) atoms. The summed E-state index contributed by atoms with van der Waals surface area (Å²) < 4.78 is 12.6. The molecule has 0 unspecified atom stereocenters. The van der Waals surface area contributed by atoms with E-state index in [-0.39, 0.29) is 23.3 Å². The molecule has 0 spiro atoms. The van der Waals surface area contributed by atoms with Crippen molar-refractivity contribution in [3.63, 3.8) is 0 Å². The topological polar surface area (TPSA) is 101 Å². The van der Waals surface area contributed by atoms with Gasteiger partial charge in [0.1, 0.15) is 17.4 Å². The number of aromatic nitrogens is 2. The summed E-state index contributed by atoms with van der Waals surface area (Å²) in [7, 11) is 0. The van der Waals surface area contributed by atoms with E-state index in [1.165, 1.54) is 0 Å². The number of hydrogen-bond acceptors (Lipinski definition) is 5. The number of ether oxygens (including phenoxy) is 1. The highest BCUT2D eigenvalue weighted by atomic mass is 16.5. The maximum atomic E-state index is 13.3. The van der Waals surface area contributed by atoms with Crippen molar-refractivity contribution in [1.82, 2.24) is 9.55 Å². The maximum Gasteiger partial charge on any atom is 0.340 e. The number of furan rings is 1. The molecule has 0 aromatic carbocycles. The van der Waals surface area contributed by atoms with Gasteiger partial charge in [0.25, 0.3) is 0 Å². The molecule has 0 fully saturated rings. The molecular formula is C24H25N3O4. The highest BCUT2D eigenvalue weighted by Crippen LogP contribution is 2.25. The van der Waals surface area contributed by atoms with Gasteiger partial charge in [-0.15, -0.1) is 0 Å². The number of nitrogens with zero attached hydrogens (tertiary/aromatic N) is 2. The van der Waals surface area contributed by atoms with Gasteiger partial charge in [-0.3, -0.25) is 4.79 Å². The quantitative estimate of drug-likeness (QED) is 0.260. The fraction of sp³-hybridized carbons (Fsp3) is 0.292. The lowest BCUT2D eigenvalue weighted by Crippen LogP contribution is -2.13. The van der Waals surface area contributed by atoms with Crippen molar-refractivity contribution >= 4 is 17.8 Å². The van der Waals surface area contributed by atoms with Gasteiger partial charge >= 0.3 is 5.97 Å². The second-order valence-corrected chi connectivity index (χ2v) is 7.34. The number of esters is 1. The number of Topliss-reactive ketones (excluding diaryl/α,β-unsaturated/α-hetero) is 1. The van der Waals surface area contributed by atoms with Gasteiger partial charge in [-0.1, -0.05) is 0 Å². The van der Waals surface area contributed by atoms with Gasteiger partial charge in [-0.05, 0) is 64.5 Å². The molecule has 1 N–H and O–H groups in total. The predicted octanol–water partition coefficient (Wildman–Crippen LogP) is 4.66. The lowest BCUT2D eigenvalue weighted by molar-refractivity contribution is 0.0523. The van der Waals surface area contributed by atoms with E-state index >= 15 is 0 Å². The molecule has 0 bridgehead atoms. The summed E-state index contributed by atoms with van der Waals surface area (Å²) in [6.07, 6.45) is 3.19. The number of carbonyl (C=O) groups excluding carboxylic acids is 2. The van der Waals surface area contributed by atoms with Crippen LogP contribution in [0.25, 0.3) is 6.08 Å². The van der Waals surface area contributed by atoms with Crippen molar-refractivity contribution in [2.45, 2.75) is 41.2 Å². The smallest absolute Gasteiger partial charge is 0.340 e. The van der Waals surface area contributed by atoms with Crippen LogP contribution in [-0.4, -0.2) is 27.9 Å². The van der Waals surface area contributed by atoms with E-state index in [9.17, 15) is 14.9 Å². The molecule has 0 radical (unpaired) electrons. The van der Waals surface area contributed by atoms with Crippen LogP contribution in [0.5, 0.6) is 0 Å². The number of nitriles is 1. The number of nitrogens with one attached hydrogen (secondary N) is 1. The Morgan fingerprint density at radius 3 is 2.55 bits per heavy atom. The summed E-state index contributed by atoms with van der Waals surface area (Å²) in [6, 6.07) is 7.65. The van der Waals surface area contributed by atoms with Gasteiger partial charge in [0.05, 0.1) is 30.5 Å². The van der Waals surface area contributed by atoms with Gasteiger partial charge in [-0.25, -0.2) is 4.79 Å². The molecule has 7 nitrogen and oxygen atoms in total. The number of rotatable bonds is 7. The molecule has 160 valence electrons. The van der Waals surface area contributed by atoms with Crippen LogP contribution in [0, 0.1) is 39.0 Å². The molecular weight excluding hydrogens is 394 g/mol. The summed E-state index contributed by atoms with van der Waals surface area (Å²) in [6.45, 7) is 9.74. The van der Waals surface area contributed by atoms with E-state index in [1.807, 2.05) is 38.1 Å². The van der Waals surface area contributed by atoms with Gasteiger partial charge in [-0.2, -0.15) is 5.26 Å². The molecule has 0 aliphatic rings. The third-order valence-electron chi connectivity index (χ3n) is 5.25. The molecule has 0 aliphatic heterocycles. The van der Waals surface area contributed by atoms with E-state index < -0.39 is 11.8 Å².